The summed E-state index contributed by atoms with van der Waals surface area (Å²) in [5.41, 5.74) is 5.77. The fraction of sp³-hybridized carbons (Fsp3) is 0.278. The molecule has 0 saturated carbocycles. The number of hydrogen-bond acceptors (Lipinski definition) is 4. The van der Waals surface area contributed by atoms with E-state index in [-0.39, 0.29) is 17.6 Å². The fourth-order valence-corrected chi connectivity index (χ4v) is 2.82. The third-order valence-corrected chi connectivity index (χ3v) is 4.09. The highest BCUT2D eigenvalue weighted by molar-refractivity contribution is 5.96. The fourth-order valence-electron chi connectivity index (χ4n) is 2.82. The predicted molar refractivity (Wildman–Crippen MR) is 88.8 cm³/mol. The lowest BCUT2D eigenvalue weighted by Crippen LogP contribution is -2.39. The van der Waals surface area contributed by atoms with Crippen LogP contribution in [0.15, 0.2) is 48.7 Å². The van der Waals surface area contributed by atoms with Crippen molar-refractivity contribution >= 4 is 11.8 Å². The van der Waals surface area contributed by atoms with E-state index in [1.807, 2.05) is 35.2 Å². The summed E-state index contributed by atoms with van der Waals surface area (Å²) in [6, 6.07) is 12.7. The molecular weight excluding hydrogens is 306 g/mol. The first-order valence-corrected chi connectivity index (χ1v) is 7.90. The predicted octanol–water partition coefficient (Wildman–Crippen LogP) is 1.86. The number of hydrogen-bond donors (Lipinski definition) is 1. The molecule has 0 bridgehead atoms. The molecule has 1 unspecified atom stereocenters. The van der Waals surface area contributed by atoms with Crippen molar-refractivity contribution in [3.63, 3.8) is 0 Å². The molecule has 1 aromatic carbocycles. The molecule has 1 atom stereocenters. The van der Waals surface area contributed by atoms with Gasteiger partial charge in [0.05, 0.1) is 11.6 Å². The van der Waals surface area contributed by atoms with E-state index in [0.29, 0.717) is 18.7 Å². The van der Waals surface area contributed by atoms with Crippen molar-refractivity contribution in [2.75, 3.05) is 13.2 Å². The van der Waals surface area contributed by atoms with Gasteiger partial charge in [0.1, 0.15) is 18.1 Å². The van der Waals surface area contributed by atoms with Crippen LogP contribution in [-0.2, 0) is 0 Å². The Labute approximate surface area is 140 Å². The summed E-state index contributed by atoms with van der Waals surface area (Å²) in [7, 11) is 0. The van der Waals surface area contributed by atoms with Crippen molar-refractivity contribution < 1.29 is 14.3 Å². The summed E-state index contributed by atoms with van der Waals surface area (Å²) in [6.45, 7) is 1.15. The van der Waals surface area contributed by atoms with Gasteiger partial charge >= 0.3 is 0 Å². The van der Waals surface area contributed by atoms with E-state index in [4.69, 9.17) is 10.5 Å². The number of aromatic nitrogens is 1. The summed E-state index contributed by atoms with van der Waals surface area (Å²) >= 11 is 0. The zero-order chi connectivity index (χ0) is 16.9. The second-order valence-electron chi connectivity index (χ2n) is 5.72. The van der Waals surface area contributed by atoms with Crippen LogP contribution in [-0.4, -0.2) is 40.9 Å². The maximum Gasteiger partial charge on any atom is 0.267 e. The minimum absolute atomic E-state index is 0.0357. The van der Waals surface area contributed by atoms with Gasteiger partial charge in [-0.1, -0.05) is 18.2 Å². The summed E-state index contributed by atoms with van der Waals surface area (Å²) in [4.78, 5) is 29.5. The van der Waals surface area contributed by atoms with Crippen molar-refractivity contribution in [2.24, 2.45) is 5.73 Å². The van der Waals surface area contributed by atoms with E-state index in [2.05, 4.69) is 4.98 Å². The molecule has 24 heavy (non-hydrogen) atoms. The van der Waals surface area contributed by atoms with Gasteiger partial charge in [0.25, 0.3) is 11.8 Å². The lowest BCUT2D eigenvalue weighted by Gasteiger charge is -2.24. The maximum absolute atomic E-state index is 12.7. The molecular formula is C18H19N3O3. The van der Waals surface area contributed by atoms with Crippen molar-refractivity contribution in [3.8, 4) is 5.75 Å². The number of pyridine rings is 1. The molecule has 0 aliphatic carbocycles. The number of benzene rings is 1. The van der Waals surface area contributed by atoms with Crippen LogP contribution >= 0.6 is 0 Å². The molecule has 2 N–H and O–H groups in total. The van der Waals surface area contributed by atoms with Gasteiger partial charge in [-0.2, -0.15) is 0 Å². The van der Waals surface area contributed by atoms with Crippen molar-refractivity contribution in [1.82, 2.24) is 9.88 Å². The minimum Gasteiger partial charge on any atom is -0.491 e. The molecule has 0 spiro atoms. The van der Waals surface area contributed by atoms with Crippen LogP contribution in [0.1, 0.15) is 33.7 Å². The van der Waals surface area contributed by atoms with Crippen LogP contribution in [0.2, 0.25) is 0 Å². The number of ether oxygens (including phenoxy) is 1. The lowest BCUT2D eigenvalue weighted by atomic mass is 10.2. The molecule has 3 rings (SSSR count). The molecule has 1 saturated heterocycles. The van der Waals surface area contributed by atoms with E-state index in [9.17, 15) is 9.59 Å². The molecule has 2 heterocycles. The maximum atomic E-state index is 12.7. The number of para-hydroxylation sites is 1. The number of primary amides is 1. The Morgan fingerprint density at radius 1 is 1.21 bits per heavy atom. The number of nitrogens with two attached hydrogens (primary N) is 1. The van der Waals surface area contributed by atoms with Gasteiger partial charge in [0, 0.05) is 12.7 Å². The van der Waals surface area contributed by atoms with E-state index < -0.39 is 5.91 Å². The quantitative estimate of drug-likeness (QED) is 0.909. The minimum atomic E-state index is -0.607. The molecule has 6 heteroatoms. The first kappa shape index (κ1) is 16.0. The van der Waals surface area contributed by atoms with E-state index >= 15 is 0 Å². The van der Waals surface area contributed by atoms with Crippen molar-refractivity contribution in [3.05, 3.63) is 59.9 Å². The van der Waals surface area contributed by atoms with Crippen LogP contribution in [0.25, 0.3) is 0 Å². The number of nitrogens with zero attached hydrogens (tertiary/aromatic N) is 2. The Kier molecular flexibility index (Phi) is 4.74. The Morgan fingerprint density at radius 3 is 2.67 bits per heavy atom. The average Bonchev–Trinajstić information content (AvgIpc) is 3.09. The number of rotatable bonds is 5. The van der Waals surface area contributed by atoms with Crippen LogP contribution < -0.4 is 10.5 Å². The largest absolute Gasteiger partial charge is 0.491 e. The smallest absolute Gasteiger partial charge is 0.267 e. The topological polar surface area (TPSA) is 85.5 Å². The standard InChI is InChI=1S/C18H19N3O3/c19-17(22)16-9-8-13(11-20-16)18(23)21-10-4-5-14(21)12-24-15-6-2-1-3-7-15/h1-3,6-9,11,14H,4-5,10,12H2,(H2,19,22). The highest BCUT2D eigenvalue weighted by Crippen LogP contribution is 2.21. The Hall–Kier alpha value is -2.89. The summed E-state index contributed by atoms with van der Waals surface area (Å²) < 4.78 is 5.79. The number of carbonyl (C=O) groups excluding carboxylic acids is 2. The van der Waals surface area contributed by atoms with E-state index in [1.165, 1.54) is 12.3 Å². The number of carbonyl (C=O) groups is 2. The van der Waals surface area contributed by atoms with Crippen LogP contribution in [0.4, 0.5) is 0 Å². The lowest BCUT2D eigenvalue weighted by molar-refractivity contribution is 0.0690. The third kappa shape index (κ3) is 3.53. The van der Waals surface area contributed by atoms with Crippen LogP contribution in [0.3, 0.4) is 0 Å². The van der Waals surface area contributed by atoms with Crippen molar-refractivity contribution in [1.29, 1.82) is 0 Å². The Bertz CT molecular complexity index is 716. The Balaban J connectivity index is 1.65. The van der Waals surface area contributed by atoms with Gasteiger partial charge in [-0.3, -0.25) is 14.6 Å². The summed E-state index contributed by atoms with van der Waals surface area (Å²) in [6.07, 6.45) is 3.25. The molecule has 2 amide bonds. The van der Waals surface area contributed by atoms with Gasteiger partial charge < -0.3 is 15.4 Å². The molecule has 1 aromatic heterocycles. The second kappa shape index (κ2) is 7.12. The zero-order valence-corrected chi connectivity index (χ0v) is 13.2. The van der Waals surface area contributed by atoms with Gasteiger partial charge in [-0.15, -0.1) is 0 Å². The third-order valence-electron chi connectivity index (χ3n) is 4.09. The highest BCUT2D eigenvalue weighted by atomic mass is 16.5. The monoisotopic (exact) mass is 325 g/mol. The molecule has 1 aliphatic rings. The average molecular weight is 325 g/mol. The molecule has 124 valence electrons. The molecule has 1 aliphatic heterocycles. The number of amides is 2. The normalized spacial score (nSPS) is 16.8. The second-order valence-corrected chi connectivity index (χ2v) is 5.72. The molecule has 6 nitrogen and oxygen atoms in total. The van der Waals surface area contributed by atoms with Gasteiger partial charge in [-0.25, -0.2) is 0 Å². The zero-order valence-electron chi connectivity index (χ0n) is 13.2. The summed E-state index contributed by atoms with van der Waals surface area (Å²) in [5, 5.41) is 0. The Morgan fingerprint density at radius 2 is 2.00 bits per heavy atom. The van der Waals surface area contributed by atoms with E-state index in [1.54, 1.807) is 6.07 Å². The van der Waals surface area contributed by atoms with Gasteiger partial charge in [0.15, 0.2) is 0 Å². The SMILES string of the molecule is NC(=O)c1ccc(C(=O)N2CCCC2COc2ccccc2)cn1. The van der Waals surface area contributed by atoms with Crippen LogP contribution in [0.5, 0.6) is 5.75 Å². The van der Waals surface area contributed by atoms with Crippen LogP contribution in [0, 0.1) is 0 Å². The summed E-state index contributed by atoms with van der Waals surface area (Å²) in [5.74, 6) is 0.0891. The molecule has 2 aromatic rings. The van der Waals surface area contributed by atoms with Gasteiger partial charge in [0.2, 0.25) is 0 Å². The first-order valence-electron chi connectivity index (χ1n) is 7.90. The van der Waals surface area contributed by atoms with E-state index in [0.717, 1.165) is 18.6 Å². The first-order chi connectivity index (χ1) is 11.6. The number of likely N-dealkylation sites (tertiary alicyclic amines) is 1. The van der Waals surface area contributed by atoms with Crippen molar-refractivity contribution in [2.45, 2.75) is 18.9 Å². The highest BCUT2D eigenvalue weighted by Gasteiger charge is 2.30. The van der Waals surface area contributed by atoms with Gasteiger partial charge in [-0.05, 0) is 37.1 Å². The molecule has 0 radical (unpaired) electrons. The molecule has 1 fully saturated rings.